The van der Waals surface area contributed by atoms with Crippen LogP contribution in [-0.2, 0) is 13.1 Å². The Balaban J connectivity index is 2.11. The summed E-state index contributed by atoms with van der Waals surface area (Å²) in [6.07, 6.45) is 5.12. The van der Waals surface area contributed by atoms with E-state index in [4.69, 9.17) is 0 Å². The number of rotatable bonds is 9. The van der Waals surface area contributed by atoms with Crippen LogP contribution in [0.2, 0.25) is 0 Å². The van der Waals surface area contributed by atoms with E-state index in [0.717, 1.165) is 13.1 Å². The van der Waals surface area contributed by atoms with Gasteiger partial charge in [-0.05, 0) is 24.0 Å². The smallest absolute Gasteiger partial charge is 0.0240 e. The van der Waals surface area contributed by atoms with Crippen molar-refractivity contribution < 1.29 is 0 Å². The zero-order valence-electron chi connectivity index (χ0n) is 14.0. The largest absolute Gasteiger partial charge is 0.292 e. The second-order valence-electron chi connectivity index (χ2n) is 6.08. The molecule has 22 heavy (non-hydrogen) atoms. The van der Waals surface area contributed by atoms with Crippen molar-refractivity contribution in [3.05, 3.63) is 71.8 Å². The molecule has 0 aromatic heterocycles. The highest BCUT2D eigenvalue weighted by atomic mass is 15.1. The lowest BCUT2D eigenvalue weighted by atomic mass is 10.0. The Hall–Kier alpha value is -1.60. The van der Waals surface area contributed by atoms with Gasteiger partial charge in [0, 0.05) is 19.1 Å². The molecule has 1 heteroatoms. The van der Waals surface area contributed by atoms with E-state index in [1.165, 1.54) is 36.8 Å². The van der Waals surface area contributed by atoms with Crippen LogP contribution in [0.1, 0.15) is 50.7 Å². The summed E-state index contributed by atoms with van der Waals surface area (Å²) in [7, 11) is 0. The number of benzene rings is 2. The maximum atomic E-state index is 2.65. The van der Waals surface area contributed by atoms with E-state index >= 15 is 0 Å². The van der Waals surface area contributed by atoms with Crippen LogP contribution in [0, 0.1) is 0 Å². The van der Waals surface area contributed by atoms with Crippen molar-refractivity contribution in [2.45, 2.75) is 58.7 Å². The number of nitrogens with zero attached hydrogens (tertiary/aromatic N) is 1. The van der Waals surface area contributed by atoms with E-state index in [1.54, 1.807) is 0 Å². The summed E-state index contributed by atoms with van der Waals surface area (Å²) < 4.78 is 0. The van der Waals surface area contributed by atoms with Crippen molar-refractivity contribution in [2.75, 3.05) is 0 Å². The van der Waals surface area contributed by atoms with Crippen molar-refractivity contribution >= 4 is 0 Å². The summed E-state index contributed by atoms with van der Waals surface area (Å²) in [5.74, 6) is 0. The molecule has 0 amide bonds. The average Bonchev–Trinajstić information content (AvgIpc) is 2.57. The van der Waals surface area contributed by atoms with Gasteiger partial charge in [-0.3, -0.25) is 4.90 Å². The van der Waals surface area contributed by atoms with Gasteiger partial charge < -0.3 is 0 Å². The molecule has 0 aliphatic rings. The summed E-state index contributed by atoms with van der Waals surface area (Å²) in [6, 6.07) is 22.4. The topological polar surface area (TPSA) is 3.24 Å². The normalized spacial score (nSPS) is 12.5. The third-order valence-corrected chi connectivity index (χ3v) is 4.34. The Morgan fingerprint density at radius 2 is 1.27 bits per heavy atom. The molecule has 2 rings (SSSR count). The van der Waals surface area contributed by atoms with E-state index in [2.05, 4.69) is 79.4 Å². The maximum Gasteiger partial charge on any atom is 0.0240 e. The first-order valence-electron chi connectivity index (χ1n) is 8.65. The molecule has 0 radical (unpaired) electrons. The monoisotopic (exact) mass is 295 g/mol. The predicted molar refractivity (Wildman–Crippen MR) is 95.7 cm³/mol. The third kappa shape index (κ3) is 5.31. The average molecular weight is 295 g/mol. The van der Waals surface area contributed by atoms with Crippen LogP contribution in [-0.4, -0.2) is 10.9 Å². The SMILES string of the molecule is CCCCC(CC)N(Cc1ccccc1)Cc1ccccc1. The summed E-state index contributed by atoms with van der Waals surface area (Å²) in [4.78, 5) is 2.65. The Bertz CT molecular complexity index is 464. The fraction of sp³-hybridized carbons (Fsp3) is 0.429. The van der Waals surface area contributed by atoms with Gasteiger partial charge in [-0.25, -0.2) is 0 Å². The van der Waals surface area contributed by atoms with Crippen LogP contribution in [0.3, 0.4) is 0 Å². The van der Waals surface area contributed by atoms with E-state index in [9.17, 15) is 0 Å². The van der Waals surface area contributed by atoms with Gasteiger partial charge in [0.1, 0.15) is 0 Å². The molecule has 2 aromatic rings. The Morgan fingerprint density at radius 3 is 1.68 bits per heavy atom. The van der Waals surface area contributed by atoms with Crippen LogP contribution >= 0.6 is 0 Å². The molecular formula is C21H29N. The molecule has 0 N–H and O–H groups in total. The molecule has 0 heterocycles. The summed E-state index contributed by atoms with van der Waals surface area (Å²) in [6.45, 7) is 6.69. The molecule has 1 unspecified atom stereocenters. The van der Waals surface area contributed by atoms with Gasteiger partial charge in [-0.1, -0.05) is 87.4 Å². The quantitative estimate of drug-likeness (QED) is 0.577. The lowest BCUT2D eigenvalue weighted by Gasteiger charge is -2.31. The zero-order valence-corrected chi connectivity index (χ0v) is 14.0. The third-order valence-electron chi connectivity index (χ3n) is 4.34. The first-order valence-corrected chi connectivity index (χ1v) is 8.65. The lowest BCUT2D eigenvalue weighted by Crippen LogP contribution is -2.34. The minimum atomic E-state index is 0.667. The van der Waals surface area contributed by atoms with Crippen molar-refractivity contribution in [3.8, 4) is 0 Å². The molecule has 1 atom stereocenters. The van der Waals surface area contributed by atoms with Gasteiger partial charge >= 0.3 is 0 Å². The van der Waals surface area contributed by atoms with E-state index in [1.807, 2.05) is 0 Å². The van der Waals surface area contributed by atoms with Gasteiger partial charge in [-0.15, -0.1) is 0 Å². The lowest BCUT2D eigenvalue weighted by molar-refractivity contribution is 0.161. The molecular weight excluding hydrogens is 266 g/mol. The second-order valence-corrected chi connectivity index (χ2v) is 6.08. The van der Waals surface area contributed by atoms with Crippen molar-refractivity contribution in [2.24, 2.45) is 0 Å². The van der Waals surface area contributed by atoms with Crippen LogP contribution in [0.15, 0.2) is 60.7 Å². The Kier molecular flexibility index (Phi) is 7.18. The Morgan fingerprint density at radius 1 is 0.773 bits per heavy atom. The van der Waals surface area contributed by atoms with Crippen LogP contribution in [0.5, 0.6) is 0 Å². The summed E-state index contributed by atoms with van der Waals surface area (Å²) in [5.41, 5.74) is 2.82. The van der Waals surface area contributed by atoms with Crippen LogP contribution in [0.25, 0.3) is 0 Å². The van der Waals surface area contributed by atoms with E-state index in [-0.39, 0.29) is 0 Å². The van der Waals surface area contributed by atoms with Gasteiger partial charge in [0.05, 0.1) is 0 Å². The molecule has 118 valence electrons. The highest BCUT2D eigenvalue weighted by molar-refractivity contribution is 5.17. The molecule has 0 fully saturated rings. The predicted octanol–water partition coefficient (Wildman–Crippen LogP) is 5.66. The van der Waals surface area contributed by atoms with E-state index in [0.29, 0.717) is 6.04 Å². The van der Waals surface area contributed by atoms with Gasteiger partial charge in [0.2, 0.25) is 0 Å². The standard InChI is InChI=1S/C21H29N/c1-3-5-16-21(4-2)22(17-19-12-8-6-9-13-19)18-20-14-10-7-11-15-20/h6-15,21H,3-5,16-18H2,1-2H3. The zero-order chi connectivity index (χ0) is 15.6. The molecule has 0 saturated carbocycles. The highest BCUT2D eigenvalue weighted by Gasteiger charge is 2.17. The fourth-order valence-corrected chi connectivity index (χ4v) is 3.03. The first-order chi connectivity index (χ1) is 10.8. The minimum absolute atomic E-state index is 0.667. The Labute approximate surface area is 136 Å². The molecule has 0 aliphatic heterocycles. The number of hydrogen-bond donors (Lipinski definition) is 0. The first kappa shape index (κ1) is 16.8. The molecule has 0 saturated heterocycles. The minimum Gasteiger partial charge on any atom is -0.292 e. The van der Waals surface area contributed by atoms with Crippen LogP contribution < -0.4 is 0 Å². The molecule has 2 aromatic carbocycles. The van der Waals surface area contributed by atoms with Crippen molar-refractivity contribution in [1.29, 1.82) is 0 Å². The number of hydrogen-bond acceptors (Lipinski definition) is 1. The van der Waals surface area contributed by atoms with Crippen LogP contribution in [0.4, 0.5) is 0 Å². The summed E-state index contributed by atoms with van der Waals surface area (Å²) >= 11 is 0. The van der Waals surface area contributed by atoms with E-state index < -0.39 is 0 Å². The second kappa shape index (κ2) is 9.42. The highest BCUT2D eigenvalue weighted by Crippen LogP contribution is 2.19. The number of unbranched alkanes of at least 4 members (excludes halogenated alkanes) is 1. The summed E-state index contributed by atoms with van der Waals surface area (Å²) in [5, 5.41) is 0. The van der Waals surface area contributed by atoms with Crippen molar-refractivity contribution in [1.82, 2.24) is 4.90 Å². The molecule has 0 bridgehead atoms. The molecule has 1 nitrogen and oxygen atoms in total. The molecule has 0 spiro atoms. The van der Waals surface area contributed by atoms with Gasteiger partial charge in [0.15, 0.2) is 0 Å². The molecule has 0 aliphatic carbocycles. The maximum absolute atomic E-state index is 2.65. The fourth-order valence-electron chi connectivity index (χ4n) is 3.03. The van der Waals surface area contributed by atoms with Crippen molar-refractivity contribution in [3.63, 3.8) is 0 Å². The van der Waals surface area contributed by atoms with Gasteiger partial charge in [-0.2, -0.15) is 0 Å². The van der Waals surface area contributed by atoms with Gasteiger partial charge in [0.25, 0.3) is 0 Å².